The second-order valence-corrected chi connectivity index (χ2v) is 5.60. The molecule has 2 aromatic carbocycles. The van der Waals surface area contributed by atoms with E-state index in [0.29, 0.717) is 16.6 Å². The second kappa shape index (κ2) is 6.78. The zero-order valence-electron chi connectivity index (χ0n) is 12.0. The fourth-order valence-corrected chi connectivity index (χ4v) is 2.44. The van der Waals surface area contributed by atoms with E-state index in [1.54, 1.807) is 7.11 Å². The number of rotatable bonds is 5. The average Bonchev–Trinajstić information content (AvgIpc) is 2.47. The highest BCUT2D eigenvalue weighted by molar-refractivity contribution is 7.80. The molecule has 0 unspecified atom stereocenters. The third kappa shape index (κ3) is 3.86. The van der Waals surface area contributed by atoms with Gasteiger partial charge in [0.05, 0.1) is 7.11 Å². The van der Waals surface area contributed by atoms with E-state index >= 15 is 0 Å². The highest BCUT2D eigenvalue weighted by atomic mass is 35.5. The van der Waals surface area contributed by atoms with Gasteiger partial charge in [0.2, 0.25) is 0 Å². The maximum Gasteiger partial charge on any atom is 0.123 e. The molecule has 0 heterocycles. The molecule has 0 aliphatic carbocycles. The van der Waals surface area contributed by atoms with Crippen molar-refractivity contribution in [1.82, 2.24) is 0 Å². The zero-order valence-corrected chi connectivity index (χ0v) is 13.5. The van der Waals surface area contributed by atoms with Crippen LogP contribution in [0, 0.1) is 0 Å². The molecule has 0 fully saturated rings. The van der Waals surface area contributed by atoms with Crippen molar-refractivity contribution in [2.24, 2.45) is 5.73 Å². The van der Waals surface area contributed by atoms with Crippen molar-refractivity contribution in [2.45, 2.75) is 6.54 Å². The summed E-state index contributed by atoms with van der Waals surface area (Å²) in [6, 6.07) is 13.4. The third-order valence-corrected chi connectivity index (χ3v) is 3.69. The first kappa shape index (κ1) is 15.6. The normalized spacial score (nSPS) is 10.2. The molecule has 0 saturated carbocycles. The highest BCUT2D eigenvalue weighted by Crippen LogP contribution is 2.26. The molecule has 2 rings (SSSR count). The fraction of sp³-hybridized carbons (Fsp3) is 0.188. The number of nitrogens with zero attached hydrogens (tertiary/aromatic N) is 1. The Morgan fingerprint density at radius 3 is 2.71 bits per heavy atom. The van der Waals surface area contributed by atoms with Crippen molar-refractivity contribution < 1.29 is 4.74 Å². The van der Waals surface area contributed by atoms with Gasteiger partial charge in [-0.25, -0.2) is 0 Å². The number of hydrogen-bond acceptors (Lipinski definition) is 3. The Morgan fingerprint density at radius 1 is 1.29 bits per heavy atom. The molecule has 0 saturated heterocycles. The first-order valence-corrected chi connectivity index (χ1v) is 7.23. The van der Waals surface area contributed by atoms with E-state index < -0.39 is 0 Å². The van der Waals surface area contributed by atoms with E-state index in [1.807, 2.05) is 49.5 Å². The molecule has 0 spiro atoms. The summed E-state index contributed by atoms with van der Waals surface area (Å²) in [5, 5.41) is 0.691. The largest absolute Gasteiger partial charge is 0.496 e. The Bertz CT molecular complexity index is 660. The topological polar surface area (TPSA) is 38.5 Å². The molecule has 21 heavy (non-hydrogen) atoms. The standard InChI is InChI=1S/C16H17ClN2OS/c1-19(14-5-3-4-11(9-14)16(18)21)10-12-8-13(17)6-7-15(12)20-2/h3-9H,10H2,1-2H3,(H2,18,21). The number of hydrogen-bond donors (Lipinski definition) is 1. The van der Waals surface area contributed by atoms with E-state index in [0.717, 1.165) is 22.6 Å². The summed E-state index contributed by atoms with van der Waals surface area (Å²) in [6.45, 7) is 0.671. The van der Waals surface area contributed by atoms with Crippen molar-refractivity contribution in [1.29, 1.82) is 0 Å². The molecule has 0 aliphatic heterocycles. The van der Waals surface area contributed by atoms with E-state index in [9.17, 15) is 0 Å². The molecule has 110 valence electrons. The lowest BCUT2D eigenvalue weighted by Gasteiger charge is -2.21. The lowest BCUT2D eigenvalue weighted by molar-refractivity contribution is 0.409. The van der Waals surface area contributed by atoms with Crippen LogP contribution in [0.15, 0.2) is 42.5 Å². The molecule has 0 aliphatic rings. The van der Waals surface area contributed by atoms with Gasteiger partial charge in [-0.05, 0) is 30.3 Å². The van der Waals surface area contributed by atoms with Gasteiger partial charge in [-0.3, -0.25) is 0 Å². The average molecular weight is 321 g/mol. The number of anilines is 1. The Labute approximate surface area is 135 Å². The molecule has 5 heteroatoms. The van der Waals surface area contributed by atoms with Gasteiger partial charge in [0.15, 0.2) is 0 Å². The molecule has 0 atom stereocenters. The van der Waals surface area contributed by atoms with E-state index in [-0.39, 0.29) is 0 Å². The van der Waals surface area contributed by atoms with E-state index in [2.05, 4.69) is 4.90 Å². The van der Waals surface area contributed by atoms with Crippen LogP contribution in [0.1, 0.15) is 11.1 Å². The summed E-state index contributed by atoms with van der Waals surface area (Å²) >= 11 is 11.1. The number of methoxy groups -OCH3 is 1. The Balaban J connectivity index is 2.25. The molecular weight excluding hydrogens is 304 g/mol. The predicted molar refractivity (Wildman–Crippen MR) is 92.4 cm³/mol. The van der Waals surface area contributed by atoms with Crippen molar-refractivity contribution in [3.05, 3.63) is 58.6 Å². The van der Waals surface area contributed by atoms with Gasteiger partial charge < -0.3 is 15.4 Å². The minimum absolute atomic E-state index is 0.394. The maximum absolute atomic E-state index is 6.06. The van der Waals surface area contributed by atoms with Gasteiger partial charge in [-0.2, -0.15) is 0 Å². The van der Waals surface area contributed by atoms with Crippen LogP contribution in [-0.4, -0.2) is 19.1 Å². The lowest BCUT2D eigenvalue weighted by Crippen LogP contribution is -2.18. The fourth-order valence-electron chi connectivity index (χ4n) is 2.11. The Kier molecular flexibility index (Phi) is 5.04. The van der Waals surface area contributed by atoms with Gasteiger partial charge in [0.1, 0.15) is 10.7 Å². The SMILES string of the molecule is COc1ccc(Cl)cc1CN(C)c1cccc(C(N)=S)c1. The number of nitrogens with two attached hydrogens (primary N) is 1. The highest BCUT2D eigenvalue weighted by Gasteiger charge is 2.09. The number of benzene rings is 2. The maximum atomic E-state index is 6.06. The van der Waals surface area contributed by atoms with Crippen molar-refractivity contribution in [2.75, 3.05) is 19.1 Å². The van der Waals surface area contributed by atoms with E-state index in [1.165, 1.54) is 0 Å². The monoisotopic (exact) mass is 320 g/mol. The molecule has 0 amide bonds. The number of halogens is 1. The van der Waals surface area contributed by atoms with Crippen molar-refractivity contribution >= 4 is 34.5 Å². The first-order valence-electron chi connectivity index (χ1n) is 6.44. The molecular formula is C16H17ClN2OS. The molecule has 2 N–H and O–H groups in total. The van der Waals surface area contributed by atoms with Crippen LogP contribution in [0.4, 0.5) is 5.69 Å². The van der Waals surface area contributed by atoms with Gasteiger partial charge >= 0.3 is 0 Å². The minimum atomic E-state index is 0.394. The summed E-state index contributed by atoms with van der Waals surface area (Å²) in [6.07, 6.45) is 0. The van der Waals surface area contributed by atoms with Gasteiger partial charge in [-0.15, -0.1) is 0 Å². The summed E-state index contributed by atoms with van der Waals surface area (Å²) in [4.78, 5) is 2.49. The van der Waals surface area contributed by atoms with Crippen LogP contribution >= 0.6 is 23.8 Å². The predicted octanol–water partition coefficient (Wildman–Crippen LogP) is 3.62. The Hall–Kier alpha value is -1.78. The lowest BCUT2D eigenvalue weighted by atomic mass is 10.1. The van der Waals surface area contributed by atoms with Crippen molar-refractivity contribution in [3.8, 4) is 5.75 Å². The quantitative estimate of drug-likeness (QED) is 0.854. The first-order chi connectivity index (χ1) is 10.0. The summed E-state index contributed by atoms with van der Waals surface area (Å²) < 4.78 is 5.37. The minimum Gasteiger partial charge on any atom is -0.496 e. The van der Waals surface area contributed by atoms with Gasteiger partial charge in [0, 0.05) is 35.4 Å². The molecule has 0 bridgehead atoms. The number of ether oxygens (including phenoxy) is 1. The van der Waals surface area contributed by atoms with Crippen LogP contribution in [-0.2, 0) is 6.54 Å². The van der Waals surface area contributed by atoms with Crippen molar-refractivity contribution in [3.63, 3.8) is 0 Å². The summed E-state index contributed by atoms with van der Waals surface area (Å²) in [7, 11) is 3.65. The van der Waals surface area contributed by atoms with Crippen LogP contribution in [0.3, 0.4) is 0 Å². The van der Waals surface area contributed by atoms with Gasteiger partial charge in [-0.1, -0.05) is 36.0 Å². The van der Waals surface area contributed by atoms with Crippen LogP contribution < -0.4 is 15.4 Å². The molecule has 2 aromatic rings. The van der Waals surface area contributed by atoms with Crippen LogP contribution in [0.5, 0.6) is 5.75 Å². The zero-order chi connectivity index (χ0) is 15.4. The molecule has 0 radical (unpaired) electrons. The van der Waals surface area contributed by atoms with Gasteiger partial charge in [0.25, 0.3) is 0 Å². The smallest absolute Gasteiger partial charge is 0.123 e. The van der Waals surface area contributed by atoms with Crippen LogP contribution in [0.25, 0.3) is 0 Å². The summed E-state index contributed by atoms with van der Waals surface area (Å²) in [5.41, 5.74) is 8.58. The Morgan fingerprint density at radius 2 is 2.05 bits per heavy atom. The second-order valence-electron chi connectivity index (χ2n) is 4.73. The van der Waals surface area contributed by atoms with E-state index in [4.69, 9.17) is 34.3 Å². The number of thiocarbonyl (C=S) groups is 1. The molecule has 0 aromatic heterocycles. The molecule has 3 nitrogen and oxygen atoms in total. The third-order valence-electron chi connectivity index (χ3n) is 3.22. The van der Waals surface area contributed by atoms with Crippen LogP contribution in [0.2, 0.25) is 5.02 Å². The summed E-state index contributed by atoms with van der Waals surface area (Å²) in [5.74, 6) is 0.816.